The van der Waals surface area contributed by atoms with Crippen molar-refractivity contribution in [2.75, 3.05) is 12.9 Å². The summed E-state index contributed by atoms with van der Waals surface area (Å²) < 4.78 is 5.37. The lowest BCUT2D eigenvalue weighted by atomic mass is 10.1. The van der Waals surface area contributed by atoms with Crippen molar-refractivity contribution in [2.45, 2.75) is 25.0 Å². The maximum atomic E-state index is 6.27. The first kappa shape index (κ1) is 14.8. The molecule has 0 saturated heterocycles. The fourth-order valence-corrected chi connectivity index (χ4v) is 2.75. The van der Waals surface area contributed by atoms with Crippen LogP contribution in [0.15, 0.2) is 35.6 Å². The van der Waals surface area contributed by atoms with Crippen LogP contribution in [0.4, 0.5) is 0 Å². The van der Waals surface area contributed by atoms with Gasteiger partial charge in [-0.05, 0) is 26.0 Å². The number of hydrogen-bond acceptors (Lipinski definition) is 5. The second-order valence-electron chi connectivity index (χ2n) is 4.64. The van der Waals surface area contributed by atoms with Gasteiger partial charge in [0.1, 0.15) is 5.75 Å². The summed E-state index contributed by atoms with van der Waals surface area (Å²) in [6.45, 7) is 4.00. The molecule has 2 rings (SSSR count). The lowest BCUT2D eigenvalue weighted by molar-refractivity contribution is 0.407. The van der Waals surface area contributed by atoms with Crippen molar-refractivity contribution in [1.82, 2.24) is 9.97 Å². The van der Waals surface area contributed by atoms with Gasteiger partial charge >= 0.3 is 0 Å². The number of rotatable bonds is 5. The minimum Gasteiger partial charge on any atom is -0.496 e. The van der Waals surface area contributed by atoms with Crippen LogP contribution >= 0.6 is 11.8 Å². The fraction of sp³-hybridized carbons (Fsp3) is 0.333. The molecule has 0 amide bonds. The molecule has 0 aliphatic rings. The van der Waals surface area contributed by atoms with Gasteiger partial charge in [-0.25, -0.2) is 9.97 Å². The maximum Gasteiger partial charge on any atom is 0.187 e. The molecule has 4 nitrogen and oxygen atoms in total. The number of aromatic nitrogens is 2. The predicted octanol–water partition coefficient (Wildman–Crippen LogP) is 2.89. The van der Waals surface area contributed by atoms with Gasteiger partial charge in [0.15, 0.2) is 5.16 Å². The van der Waals surface area contributed by atoms with Crippen molar-refractivity contribution in [3.8, 4) is 5.75 Å². The van der Waals surface area contributed by atoms with Gasteiger partial charge in [-0.3, -0.25) is 0 Å². The smallest absolute Gasteiger partial charge is 0.187 e. The van der Waals surface area contributed by atoms with E-state index in [9.17, 15) is 0 Å². The van der Waals surface area contributed by atoms with Gasteiger partial charge in [0.2, 0.25) is 0 Å². The van der Waals surface area contributed by atoms with Gasteiger partial charge in [0, 0.05) is 29.2 Å². The van der Waals surface area contributed by atoms with Crippen LogP contribution in [0.2, 0.25) is 0 Å². The van der Waals surface area contributed by atoms with Gasteiger partial charge < -0.3 is 10.5 Å². The highest BCUT2D eigenvalue weighted by molar-refractivity contribution is 7.99. The Labute approximate surface area is 123 Å². The number of hydrogen-bond donors (Lipinski definition) is 1. The van der Waals surface area contributed by atoms with E-state index in [2.05, 4.69) is 16.0 Å². The van der Waals surface area contributed by atoms with E-state index < -0.39 is 0 Å². The van der Waals surface area contributed by atoms with Gasteiger partial charge in [-0.15, -0.1) is 0 Å². The highest BCUT2D eigenvalue weighted by Crippen LogP contribution is 2.28. The summed E-state index contributed by atoms with van der Waals surface area (Å²) in [5.41, 5.74) is 9.43. The molecule has 2 aromatic rings. The molecular weight excluding hydrogens is 270 g/mol. The highest BCUT2D eigenvalue weighted by atomic mass is 32.2. The van der Waals surface area contributed by atoms with Crippen LogP contribution in [0, 0.1) is 13.8 Å². The Kier molecular flexibility index (Phi) is 4.98. The molecule has 1 unspecified atom stereocenters. The van der Waals surface area contributed by atoms with Crippen LogP contribution in [0.3, 0.4) is 0 Å². The molecule has 106 valence electrons. The molecule has 0 spiro atoms. The van der Waals surface area contributed by atoms with Gasteiger partial charge in [-0.1, -0.05) is 29.5 Å². The SMILES string of the molecule is COc1ccc(C)cc1C(N)CSc1nccc(C)n1. The van der Waals surface area contributed by atoms with Crippen LogP contribution in [-0.4, -0.2) is 22.8 Å². The summed E-state index contributed by atoms with van der Waals surface area (Å²) in [6.07, 6.45) is 1.77. The minimum atomic E-state index is -0.112. The van der Waals surface area contributed by atoms with Crippen LogP contribution in [0.25, 0.3) is 0 Å². The fourth-order valence-electron chi connectivity index (χ4n) is 1.89. The van der Waals surface area contributed by atoms with E-state index in [1.54, 1.807) is 25.1 Å². The summed E-state index contributed by atoms with van der Waals surface area (Å²) in [7, 11) is 1.66. The third kappa shape index (κ3) is 3.71. The van der Waals surface area contributed by atoms with Gasteiger partial charge in [0.05, 0.1) is 7.11 Å². The maximum absolute atomic E-state index is 6.27. The molecule has 20 heavy (non-hydrogen) atoms. The molecule has 1 atom stereocenters. The largest absolute Gasteiger partial charge is 0.496 e. The molecule has 0 radical (unpaired) electrons. The minimum absolute atomic E-state index is 0.112. The first-order valence-electron chi connectivity index (χ1n) is 6.42. The summed E-state index contributed by atoms with van der Waals surface area (Å²) in [5.74, 6) is 1.54. The molecule has 5 heteroatoms. The number of nitrogens with two attached hydrogens (primary N) is 1. The quantitative estimate of drug-likeness (QED) is 0.677. The number of methoxy groups -OCH3 is 1. The zero-order valence-corrected chi connectivity index (χ0v) is 12.8. The zero-order valence-electron chi connectivity index (χ0n) is 12.0. The molecule has 2 N–H and O–H groups in total. The Balaban J connectivity index is 2.08. The van der Waals surface area contributed by atoms with E-state index in [0.29, 0.717) is 5.75 Å². The number of ether oxygens (including phenoxy) is 1. The molecule has 1 aromatic heterocycles. The standard InChI is InChI=1S/C15H19N3OS/c1-10-4-5-14(19-3)12(8-10)13(16)9-20-15-17-7-6-11(2)18-15/h4-8,13H,9,16H2,1-3H3. The topological polar surface area (TPSA) is 61.0 Å². The number of nitrogens with zero attached hydrogens (tertiary/aromatic N) is 2. The Morgan fingerprint density at radius 3 is 2.80 bits per heavy atom. The van der Waals surface area contributed by atoms with Crippen LogP contribution in [-0.2, 0) is 0 Å². The Bertz CT molecular complexity index is 589. The van der Waals surface area contributed by atoms with Crippen LogP contribution in [0.1, 0.15) is 22.9 Å². The third-order valence-corrected chi connectivity index (χ3v) is 3.93. The van der Waals surface area contributed by atoms with Crippen LogP contribution in [0.5, 0.6) is 5.75 Å². The second-order valence-corrected chi connectivity index (χ2v) is 5.63. The molecule has 1 aromatic carbocycles. The van der Waals surface area contributed by atoms with Crippen molar-refractivity contribution in [1.29, 1.82) is 0 Å². The third-order valence-electron chi connectivity index (χ3n) is 2.95. The molecule has 0 aliphatic heterocycles. The van der Waals surface area contributed by atoms with E-state index in [-0.39, 0.29) is 6.04 Å². The Morgan fingerprint density at radius 2 is 2.10 bits per heavy atom. The number of thioether (sulfide) groups is 1. The normalized spacial score (nSPS) is 12.2. The first-order valence-corrected chi connectivity index (χ1v) is 7.41. The average molecular weight is 289 g/mol. The molecule has 0 aliphatic carbocycles. The van der Waals surface area contributed by atoms with Crippen molar-refractivity contribution < 1.29 is 4.74 Å². The van der Waals surface area contributed by atoms with Crippen molar-refractivity contribution in [3.05, 3.63) is 47.3 Å². The highest BCUT2D eigenvalue weighted by Gasteiger charge is 2.13. The summed E-state index contributed by atoms with van der Waals surface area (Å²) in [4.78, 5) is 8.59. The van der Waals surface area contributed by atoms with E-state index in [4.69, 9.17) is 10.5 Å². The lowest BCUT2D eigenvalue weighted by Gasteiger charge is -2.15. The van der Waals surface area contributed by atoms with Crippen LogP contribution < -0.4 is 10.5 Å². The zero-order chi connectivity index (χ0) is 14.5. The van der Waals surface area contributed by atoms with Crippen molar-refractivity contribution in [3.63, 3.8) is 0 Å². The van der Waals surface area contributed by atoms with E-state index in [1.807, 2.05) is 32.0 Å². The van der Waals surface area contributed by atoms with Gasteiger partial charge in [-0.2, -0.15) is 0 Å². The summed E-state index contributed by atoms with van der Waals surface area (Å²) in [5, 5.41) is 0.757. The summed E-state index contributed by atoms with van der Waals surface area (Å²) >= 11 is 1.56. The van der Waals surface area contributed by atoms with Gasteiger partial charge in [0.25, 0.3) is 0 Å². The summed E-state index contributed by atoms with van der Waals surface area (Å²) in [6, 6.07) is 7.82. The predicted molar refractivity (Wildman–Crippen MR) is 82.2 cm³/mol. The molecule has 1 heterocycles. The van der Waals surface area contributed by atoms with E-state index in [0.717, 1.165) is 22.2 Å². The lowest BCUT2D eigenvalue weighted by Crippen LogP contribution is -2.14. The number of aryl methyl sites for hydroxylation is 2. The number of benzene rings is 1. The second kappa shape index (κ2) is 6.72. The first-order chi connectivity index (χ1) is 9.60. The Morgan fingerprint density at radius 1 is 1.30 bits per heavy atom. The Hall–Kier alpha value is -1.59. The van der Waals surface area contributed by atoms with Crippen molar-refractivity contribution >= 4 is 11.8 Å². The molecule has 0 bridgehead atoms. The average Bonchev–Trinajstić information content (AvgIpc) is 2.45. The molecular formula is C15H19N3OS. The monoisotopic (exact) mass is 289 g/mol. The molecule has 0 saturated carbocycles. The van der Waals surface area contributed by atoms with E-state index >= 15 is 0 Å². The molecule has 0 fully saturated rings. The van der Waals surface area contributed by atoms with Crippen molar-refractivity contribution in [2.24, 2.45) is 5.73 Å². The van der Waals surface area contributed by atoms with E-state index in [1.165, 1.54) is 5.56 Å².